The van der Waals surface area contributed by atoms with Gasteiger partial charge in [-0.05, 0) is 37.1 Å². The first-order valence-corrected chi connectivity index (χ1v) is 6.89. The first-order valence-electron chi connectivity index (χ1n) is 6.89. The van der Waals surface area contributed by atoms with Crippen LogP contribution >= 0.6 is 0 Å². The van der Waals surface area contributed by atoms with Crippen molar-refractivity contribution in [1.29, 1.82) is 0 Å². The third-order valence-corrected chi connectivity index (χ3v) is 3.42. The number of aliphatic carboxylic acids is 1. The van der Waals surface area contributed by atoms with Crippen LogP contribution in [-0.4, -0.2) is 36.7 Å². The second-order valence-electron chi connectivity index (χ2n) is 5.18. The number of benzene rings is 1. The number of halogens is 1. The first kappa shape index (κ1) is 15.7. The van der Waals surface area contributed by atoms with Gasteiger partial charge in [0.1, 0.15) is 11.6 Å². The van der Waals surface area contributed by atoms with Crippen LogP contribution in [0.15, 0.2) is 24.3 Å². The van der Waals surface area contributed by atoms with Crippen LogP contribution in [0.2, 0.25) is 0 Å². The quantitative estimate of drug-likeness (QED) is 0.817. The molecule has 0 amide bonds. The minimum atomic E-state index is -1.53. The van der Waals surface area contributed by atoms with Gasteiger partial charge in [0.15, 0.2) is 0 Å². The van der Waals surface area contributed by atoms with Crippen molar-refractivity contribution in [1.82, 2.24) is 0 Å². The molecule has 1 aliphatic heterocycles. The normalized spacial score (nSPS) is 25.5. The molecule has 21 heavy (non-hydrogen) atoms. The summed E-state index contributed by atoms with van der Waals surface area (Å²) >= 11 is 0. The SMILES string of the molecule is CC1(C(=O)O)OCC(CCCOc2ccc(F)cc2)CO1. The van der Waals surface area contributed by atoms with E-state index in [2.05, 4.69) is 0 Å². The summed E-state index contributed by atoms with van der Waals surface area (Å²) in [5.74, 6) is -2.14. The zero-order valence-corrected chi connectivity index (χ0v) is 11.9. The Morgan fingerprint density at radius 2 is 2.00 bits per heavy atom. The Labute approximate surface area is 122 Å². The number of carboxylic acid groups (broad SMARTS) is 1. The number of rotatable bonds is 6. The van der Waals surface area contributed by atoms with Crippen LogP contribution in [0, 0.1) is 11.7 Å². The van der Waals surface area contributed by atoms with Gasteiger partial charge in [0, 0.05) is 12.8 Å². The summed E-state index contributed by atoms with van der Waals surface area (Å²) in [4.78, 5) is 10.9. The van der Waals surface area contributed by atoms with Gasteiger partial charge in [-0.25, -0.2) is 9.18 Å². The summed E-state index contributed by atoms with van der Waals surface area (Å²) in [6, 6.07) is 5.87. The summed E-state index contributed by atoms with van der Waals surface area (Å²) < 4.78 is 28.7. The van der Waals surface area contributed by atoms with Gasteiger partial charge in [-0.1, -0.05) is 0 Å². The van der Waals surface area contributed by atoms with Gasteiger partial charge in [0.2, 0.25) is 0 Å². The van der Waals surface area contributed by atoms with E-state index < -0.39 is 11.8 Å². The molecule has 6 heteroatoms. The first-order chi connectivity index (χ1) is 9.99. The lowest BCUT2D eigenvalue weighted by molar-refractivity contribution is -0.271. The average Bonchev–Trinajstić information content (AvgIpc) is 2.47. The highest BCUT2D eigenvalue weighted by atomic mass is 19.1. The molecule has 1 N–H and O–H groups in total. The average molecular weight is 298 g/mol. The van der Waals surface area contributed by atoms with Crippen molar-refractivity contribution >= 4 is 5.97 Å². The fourth-order valence-electron chi connectivity index (χ4n) is 2.03. The molecule has 1 saturated heterocycles. The van der Waals surface area contributed by atoms with Crippen LogP contribution in [0.1, 0.15) is 19.8 Å². The van der Waals surface area contributed by atoms with Gasteiger partial charge in [0.05, 0.1) is 19.8 Å². The molecule has 0 unspecified atom stereocenters. The van der Waals surface area contributed by atoms with E-state index in [1.54, 1.807) is 12.1 Å². The molecule has 1 fully saturated rings. The number of carbonyl (C=O) groups is 1. The molecule has 0 aliphatic carbocycles. The van der Waals surface area contributed by atoms with E-state index in [9.17, 15) is 9.18 Å². The smallest absolute Gasteiger partial charge is 0.364 e. The lowest BCUT2D eigenvalue weighted by atomic mass is 10.0. The molecule has 0 aromatic heterocycles. The maximum Gasteiger partial charge on any atom is 0.364 e. The standard InChI is InChI=1S/C15H19FO5/c1-15(14(17)18)20-9-11(10-21-15)3-2-8-19-13-6-4-12(16)5-7-13/h4-7,11H,2-3,8-10H2,1H3,(H,17,18). The van der Waals surface area contributed by atoms with E-state index in [4.69, 9.17) is 19.3 Å². The Morgan fingerprint density at radius 3 is 2.57 bits per heavy atom. The van der Waals surface area contributed by atoms with E-state index in [1.165, 1.54) is 19.1 Å². The Morgan fingerprint density at radius 1 is 1.38 bits per heavy atom. The van der Waals surface area contributed by atoms with Crippen LogP contribution in [0.3, 0.4) is 0 Å². The van der Waals surface area contributed by atoms with Gasteiger partial charge >= 0.3 is 5.97 Å². The van der Waals surface area contributed by atoms with Crippen molar-refractivity contribution in [3.63, 3.8) is 0 Å². The lowest BCUT2D eigenvalue weighted by Gasteiger charge is -2.34. The Bertz CT molecular complexity index is 465. The molecule has 0 atom stereocenters. The molecule has 1 aliphatic rings. The van der Waals surface area contributed by atoms with Crippen LogP contribution in [0.4, 0.5) is 4.39 Å². The molecule has 0 radical (unpaired) electrons. The molecular weight excluding hydrogens is 279 g/mol. The molecule has 2 rings (SSSR count). The molecule has 116 valence electrons. The van der Waals surface area contributed by atoms with Crippen LogP contribution in [0.25, 0.3) is 0 Å². The molecule has 1 heterocycles. The molecule has 0 saturated carbocycles. The lowest BCUT2D eigenvalue weighted by Crippen LogP contribution is -2.47. The summed E-state index contributed by atoms with van der Waals surface area (Å²) in [6.45, 7) is 2.64. The van der Waals surface area contributed by atoms with Gasteiger partial charge in [-0.3, -0.25) is 0 Å². The van der Waals surface area contributed by atoms with Crippen molar-refractivity contribution in [2.24, 2.45) is 5.92 Å². The Kier molecular flexibility index (Phi) is 5.14. The highest BCUT2D eigenvalue weighted by Crippen LogP contribution is 2.24. The molecule has 5 nitrogen and oxygen atoms in total. The summed E-state index contributed by atoms with van der Waals surface area (Å²) in [5.41, 5.74) is 0. The van der Waals surface area contributed by atoms with Gasteiger partial charge < -0.3 is 19.3 Å². The van der Waals surface area contributed by atoms with Crippen molar-refractivity contribution in [3.8, 4) is 5.75 Å². The third kappa shape index (κ3) is 4.41. The third-order valence-electron chi connectivity index (χ3n) is 3.42. The minimum absolute atomic E-state index is 0.161. The molecular formula is C15H19FO5. The number of hydrogen-bond donors (Lipinski definition) is 1. The van der Waals surface area contributed by atoms with E-state index in [1.807, 2.05) is 0 Å². The second kappa shape index (κ2) is 6.87. The Balaban J connectivity index is 1.64. The minimum Gasteiger partial charge on any atom is -0.494 e. The fraction of sp³-hybridized carbons (Fsp3) is 0.533. The van der Waals surface area contributed by atoms with E-state index >= 15 is 0 Å². The number of hydrogen-bond acceptors (Lipinski definition) is 4. The van der Waals surface area contributed by atoms with E-state index in [-0.39, 0.29) is 11.7 Å². The predicted octanol–water partition coefficient (Wildman–Crippen LogP) is 2.45. The van der Waals surface area contributed by atoms with Crippen molar-refractivity contribution in [2.45, 2.75) is 25.6 Å². The highest BCUT2D eigenvalue weighted by molar-refractivity contribution is 5.75. The van der Waals surface area contributed by atoms with Crippen molar-refractivity contribution < 1.29 is 28.5 Å². The number of carboxylic acids is 1. The predicted molar refractivity (Wildman–Crippen MR) is 72.6 cm³/mol. The molecule has 1 aromatic rings. The van der Waals surface area contributed by atoms with E-state index in [0.29, 0.717) is 25.6 Å². The number of ether oxygens (including phenoxy) is 3. The summed E-state index contributed by atoms with van der Waals surface area (Å²) in [7, 11) is 0. The van der Waals surface area contributed by atoms with Crippen LogP contribution < -0.4 is 4.74 Å². The largest absolute Gasteiger partial charge is 0.494 e. The van der Waals surface area contributed by atoms with Crippen molar-refractivity contribution in [2.75, 3.05) is 19.8 Å². The van der Waals surface area contributed by atoms with Gasteiger partial charge in [-0.15, -0.1) is 0 Å². The monoisotopic (exact) mass is 298 g/mol. The highest BCUT2D eigenvalue weighted by Gasteiger charge is 2.40. The molecule has 1 aromatic carbocycles. The molecule has 0 spiro atoms. The maximum atomic E-state index is 12.7. The second-order valence-corrected chi connectivity index (χ2v) is 5.18. The summed E-state index contributed by atoms with van der Waals surface area (Å²) in [6.07, 6.45) is 1.61. The zero-order valence-electron chi connectivity index (χ0n) is 11.9. The van der Waals surface area contributed by atoms with E-state index in [0.717, 1.165) is 12.8 Å². The van der Waals surface area contributed by atoms with Gasteiger partial charge in [-0.2, -0.15) is 0 Å². The van der Waals surface area contributed by atoms with Gasteiger partial charge in [0.25, 0.3) is 5.79 Å². The zero-order chi connectivity index (χ0) is 15.3. The maximum absolute atomic E-state index is 12.7. The van der Waals surface area contributed by atoms with Crippen LogP contribution in [-0.2, 0) is 14.3 Å². The van der Waals surface area contributed by atoms with Crippen LogP contribution in [0.5, 0.6) is 5.75 Å². The molecule has 0 bridgehead atoms. The Hall–Kier alpha value is -1.66. The summed E-state index contributed by atoms with van der Waals surface area (Å²) in [5, 5.41) is 8.95. The van der Waals surface area contributed by atoms with Crippen molar-refractivity contribution in [3.05, 3.63) is 30.1 Å². The topological polar surface area (TPSA) is 65.0 Å². The fourth-order valence-corrected chi connectivity index (χ4v) is 2.03.